The van der Waals surface area contributed by atoms with Crippen molar-refractivity contribution in [3.8, 4) is 11.5 Å². The van der Waals surface area contributed by atoms with Crippen LogP contribution in [0.5, 0.6) is 11.5 Å². The zero-order chi connectivity index (χ0) is 28.1. The van der Waals surface area contributed by atoms with E-state index in [2.05, 4.69) is 0 Å². The van der Waals surface area contributed by atoms with E-state index in [1.54, 1.807) is 48.5 Å². The molecule has 0 spiro atoms. The molecule has 0 saturated heterocycles. The van der Waals surface area contributed by atoms with Crippen molar-refractivity contribution in [1.29, 1.82) is 0 Å². The number of benzene rings is 3. The second-order valence-corrected chi connectivity index (χ2v) is 8.04. The van der Waals surface area contributed by atoms with Crippen LogP contribution in [0, 0.1) is 0 Å². The Morgan fingerprint density at radius 3 is 1.52 bits per heavy atom. The van der Waals surface area contributed by atoms with Gasteiger partial charge < -0.3 is 37.9 Å². The van der Waals surface area contributed by atoms with Crippen molar-refractivity contribution >= 4 is 11.9 Å². The molecule has 10 heteroatoms. The number of carbonyl (C=O) groups is 2. The molecule has 3 rings (SSSR count). The first-order valence-electron chi connectivity index (χ1n) is 12.8. The quantitative estimate of drug-likeness (QED) is 0.115. The molecule has 0 aliphatic rings. The van der Waals surface area contributed by atoms with Crippen molar-refractivity contribution in [1.82, 2.24) is 0 Å². The molecule has 0 heterocycles. The second-order valence-electron chi connectivity index (χ2n) is 8.04. The van der Waals surface area contributed by atoms with E-state index in [1.165, 1.54) is 0 Å². The number of rotatable bonds is 20. The Balaban J connectivity index is 1.15. The van der Waals surface area contributed by atoms with Gasteiger partial charge in [-0.15, -0.1) is 0 Å². The van der Waals surface area contributed by atoms with Crippen molar-refractivity contribution in [2.24, 2.45) is 0 Å². The highest BCUT2D eigenvalue weighted by molar-refractivity contribution is 5.90. The molecule has 0 fully saturated rings. The highest BCUT2D eigenvalue weighted by atomic mass is 16.7. The lowest BCUT2D eigenvalue weighted by molar-refractivity contribution is -0.0246. The summed E-state index contributed by atoms with van der Waals surface area (Å²) in [4.78, 5) is 24.1. The lowest BCUT2D eigenvalue weighted by Crippen LogP contribution is -2.14. The second kappa shape index (κ2) is 19.2. The first-order chi connectivity index (χ1) is 19.7. The molecule has 0 N–H and O–H groups in total. The van der Waals surface area contributed by atoms with Crippen LogP contribution < -0.4 is 9.47 Å². The van der Waals surface area contributed by atoms with Gasteiger partial charge in [-0.2, -0.15) is 0 Å². The SMILES string of the molecule is O=C(OCCOCCOCOc1cccc(C(=O)OCCOCCOCOc2ccccc2)c1)c1ccccc1. The Morgan fingerprint density at radius 1 is 0.450 bits per heavy atom. The molecule has 0 atom stereocenters. The summed E-state index contributed by atoms with van der Waals surface area (Å²) in [6.45, 7) is 2.20. The van der Waals surface area contributed by atoms with E-state index in [-0.39, 0.29) is 46.0 Å². The van der Waals surface area contributed by atoms with E-state index >= 15 is 0 Å². The molecule has 0 aliphatic heterocycles. The molecule has 0 unspecified atom stereocenters. The number of ether oxygens (including phenoxy) is 8. The Bertz CT molecular complexity index is 1110. The van der Waals surface area contributed by atoms with Crippen LogP contribution in [0.15, 0.2) is 84.9 Å². The van der Waals surface area contributed by atoms with Gasteiger partial charge in [-0.3, -0.25) is 0 Å². The van der Waals surface area contributed by atoms with E-state index in [1.807, 2.05) is 36.4 Å². The number of esters is 2. The van der Waals surface area contributed by atoms with Gasteiger partial charge in [-0.1, -0.05) is 42.5 Å². The molecule has 40 heavy (non-hydrogen) atoms. The lowest BCUT2D eigenvalue weighted by Gasteiger charge is -2.10. The standard InChI is InChI=1S/C30H34O10/c31-29(25-8-3-1-4-9-25)37-20-18-33-15-17-36-24-40-28-13-7-10-26(22-28)30(32)38-21-19-34-14-16-35-23-39-27-11-5-2-6-12-27/h1-13,22H,14-21,23-24H2. The maximum absolute atomic E-state index is 12.3. The van der Waals surface area contributed by atoms with E-state index in [0.717, 1.165) is 5.75 Å². The molecule has 0 radical (unpaired) electrons. The molecule has 0 bridgehead atoms. The Kier molecular flexibility index (Phi) is 14.6. The maximum Gasteiger partial charge on any atom is 0.338 e. The van der Waals surface area contributed by atoms with Gasteiger partial charge in [0.25, 0.3) is 0 Å². The van der Waals surface area contributed by atoms with Crippen LogP contribution in [0.4, 0.5) is 0 Å². The summed E-state index contributed by atoms with van der Waals surface area (Å²) < 4.78 is 42.8. The van der Waals surface area contributed by atoms with Crippen molar-refractivity contribution < 1.29 is 47.5 Å². The largest absolute Gasteiger partial charge is 0.468 e. The number of hydrogen-bond acceptors (Lipinski definition) is 10. The van der Waals surface area contributed by atoms with Gasteiger partial charge in [0.15, 0.2) is 13.6 Å². The summed E-state index contributed by atoms with van der Waals surface area (Å²) in [6.07, 6.45) is 0. The minimum atomic E-state index is -0.483. The zero-order valence-corrected chi connectivity index (χ0v) is 22.2. The fourth-order valence-electron chi connectivity index (χ4n) is 3.13. The molecule has 214 valence electrons. The summed E-state index contributed by atoms with van der Waals surface area (Å²) in [5.41, 5.74) is 0.852. The van der Waals surface area contributed by atoms with Gasteiger partial charge in [0.05, 0.1) is 50.8 Å². The molecule has 0 aromatic heterocycles. The molecule has 3 aromatic carbocycles. The van der Waals surface area contributed by atoms with Crippen LogP contribution in [0.1, 0.15) is 20.7 Å². The van der Waals surface area contributed by atoms with Crippen molar-refractivity contribution in [2.45, 2.75) is 0 Å². The Labute approximate surface area is 233 Å². The van der Waals surface area contributed by atoms with E-state index in [9.17, 15) is 9.59 Å². The summed E-state index contributed by atoms with van der Waals surface area (Å²) in [7, 11) is 0. The molecule has 3 aromatic rings. The molecular weight excluding hydrogens is 520 g/mol. The molecule has 0 aliphatic carbocycles. The molecular formula is C30H34O10. The Morgan fingerprint density at radius 2 is 0.900 bits per heavy atom. The average molecular weight is 555 g/mol. The zero-order valence-electron chi connectivity index (χ0n) is 22.2. The van der Waals surface area contributed by atoms with E-state index in [4.69, 9.17) is 37.9 Å². The normalized spacial score (nSPS) is 10.6. The van der Waals surface area contributed by atoms with Crippen molar-refractivity contribution in [3.05, 3.63) is 96.1 Å². The molecule has 0 amide bonds. The van der Waals surface area contributed by atoms with Gasteiger partial charge in [0.1, 0.15) is 24.7 Å². The van der Waals surface area contributed by atoms with E-state index in [0.29, 0.717) is 43.3 Å². The topological polar surface area (TPSA) is 108 Å². The van der Waals surface area contributed by atoms with Gasteiger partial charge in [-0.25, -0.2) is 9.59 Å². The number of carbonyl (C=O) groups excluding carboxylic acids is 2. The maximum atomic E-state index is 12.3. The predicted octanol–water partition coefficient (Wildman–Crippen LogP) is 4.14. The molecule has 10 nitrogen and oxygen atoms in total. The van der Waals surface area contributed by atoms with Gasteiger partial charge >= 0.3 is 11.9 Å². The minimum absolute atomic E-state index is 0.0167. The van der Waals surface area contributed by atoms with Crippen LogP contribution >= 0.6 is 0 Å². The van der Waals surface area contributed by atoms with Crippen LogP contribution in [0.25, 0.3) is 0 Å². The summed E-state index contributed by atoms with van der Waals surface area (Å²) in [5.74, 6) is 0.331. The smallest absolute Gasteiger partial charge is 0.338 e. The highest BCUT2D eigenvalue weighted by Gasteiger charge is 2.09. The minimum Gasteiger partial charge on any atom is -0.468 e. The van der Waals surface area contributed by atoms with Crippen molar-refractivity contribution in [3.63, 3.8) is 0 Å². The van der Waals surface area contributed by atoms with Gasteiger partial charge in [-0.05, 0) is 42.5 Å². The van der Waals surface area contributed by atoms with Gasteiger partial charge in [0, 0.05) is 0 Å². The first kappa shape index (κ1) is 30.6. The third kappa shape index (κ3) is 12.7. The third-order valence-electron chi connectivity index (χ3n) is 5.11. The number of para-hydroxylation sites is 1. The van der Waals surface area contributed by atoms with Crippen LogP contribution in [-0.4, -0.2) is 78.4 Å². The fraction of sp³-hybridized carbons (Fsp3) is 0.333. The van der Waals surface area contributed by atoms with E-state index < -0.39 is 5.97 Å². The third-order valence-corrected chi connectivity index (χ3v) is 5.11. The highest BCUT2D eigenvalue weighted by Crippen LogP contribution is 2.14. The van der Waals surface area contributed by atoms with Crippen LogP contribution in [0.2, 0.25) is 0 Å². The summed E-state index contributed by atoms with van der Waals surface area (Å²) >= 11 is 0. The van der Waals surface area contributed by atoms with Crippen LogP contribution in [0.3, 0.4) is 0 Å². The summed E-state index contributed by atoms with van der Waals surface area (Å²) in [5, 5.41) is 0. The predicted molar refractivity (Wildman–Crippen MR) is 144 cm³/mol. The van der Waals surface area contributed by atoms with Crippen LogP contribution in [-0.2, 0) is 28.4 Å². The monoisotopic (exact) mass is 554 g/mol. The lowest BCUT2D eigenvalue weighted by atomic mass is 10.2. The fourth-order valence-corrected chi connectivity index (χ4v) is 3.13. The summed E-state index contributed by atoms with van der Waals surface area (Å²) in [6, 6.07) is 24.7. The van der Waals surface area contributed by atoms with Gasteiger partial charge in [0.2, 0.25) is 0 Å². The van der Waals surface area contributed by atoms with Crippen molar-refractivity contribution in [2.75, 3.05) is 66.4 Å². The number of hydrogen-bond donors (Lipinski definition) is 0. The molecule has 0 saturated carbocycles. The average Bonchev–Trinajstić information content (AvgIpc) is 3.00. The Hall–Kier alpha value is -3.96. The first-order valence-corrected chi connectivity index (χ1v) is 12.8.